The van der Waals surface area contributed by atoms with Crippen LogP contribution >= 0.6 is 15.9 Å². The average Bonchev–Trinajstić information content (AvgIpc) is 2.49. The topological polar surface area (TPSA) is 49.0 Å². The molecule has 0 bridgehead atoms. The van der Waals surface area contributed by atoms with Gasteiger partial charge in [0, 0.05) is 37.3 Å². The maximum Gasteiger partial charge on any atom is 0.123 e. The van der Waals surface area contributed by atoms with Crippen molar-refractivity contribution in [3.8, 4) is 5.75 Å². The van der Waals surface area contributed by atoms with Gasteiger partial charge in [0.1, 0.15) is 12.4 Å². The van der Waals surface area contributed by atoms with Crippen molar-refractivity contribution in [1.82, 2.24) is 5.32 Å². The maximum atomic E-state index is 5.77. The highest BCUT2D eigenvalue weighted by Crippen LogP contribution is 2.23. The average molecular weight is 362 g/mol. The van der Waals surface area contributed by atoms with Gasteiger partial charge in [-0.15, -0.1) is 0 Å². The third kappa shape index (κ3) is 8.38. The first kappa shape index (κ1) is 18.4. The molecule has 1 aromatic rings. The number of ether oxygens (including phenoxy) is 4. The normalized spacial score (nSPS) is 10.8. The summed E-state index contributed by atoms with van der Waals surface area (Å²) in [5.74, 6) is 0.874. The third-order valence-corrected chi connectivity index (χ3v) is 3.23. The quantitative estimate of drug-likeness (QED) is 0.578. The molecule has 1 aromatic carbocycles. The van der Waals surface area contributed by atoms with E-state index in [-0.39, 0.29) is 0 Å². The van der Waals surface area contributed by atoms with Crippen LogP contribution < -0.4 is 10.1 Å². The minimum atomic E-state index is 0.524. The van der Waals surface area contributed by atoms with E-state index in [2.05, 4.69) is 27.3 Å². The summed E-state index contributed by atoms with van der Waals surface area (Å²) in [7, 11) is 3.35. The first-order chi connectivity index (χ1) is 10.3. The molecule has 0 aliphatic heterocycles. The van der Waals surface area contributed by atoms with Gasteiger partial charge in [0.2, 0.25) is 0 Å². The molecule has 0 aliphatic carbocycles. The number of methoxy groups -OCH3 is 2. The van der Waals surface area contributed by atoms with Gasteiger partial charge in [-0.25, -0.2) is 0 Å². The molecule has 0 aromatic heterocycles. The first-order valence-electron chi connectivity index (χ1n) is 6.95. The van der Waals surface area contributed by atoms with Crippen LogP contribution in [-0.2, 0) is 20.8 Å². The Hall–Kier alpha value is -0.660. The standard InChI is InChI=1S/C15H24BrNO4/c1-18-6-5-17-12-13-11-14(16)3-4-15(13)21-10-9-20-8-7-19-2/h3-4,11,17H,5-10,12H2,1-2H3. The van der Waals surface area contributed by atoms with Crippen molar-refractivity contribution >= 4 is 15.9 Å². The van der Waals surface area contributed by atoms with Gasteiger partial charge in [0.15, 0.2) is 0 Å². The maximum absolute atomic E-state index is 5.77. The van der Waals surface area contributed by atoms with Gasteiger partial charge in [-0.05, 0) is 18.2 Å². The Morgan fingerprint density at radius 3 is 2.52 bits per heavy atom. The van der Waals surface area contributed by atoms with Crippen LogP contribution in [-0.4, -0.2) is 53.8 Å². The Kier molecular flexibility index (Phi) is 10.5. The molecule has 0 radical (unpaired) electrons. The molecule has 120 valence electrons. The first-order valence-corrected chi connectivity index (χ1v) is 7.74. The smallest absolute Gasteiger partial charge is 0.123 e. The second kappa shape index (κ2) is 11.9. The summed E-state index contributed by atoms with van der Waals surface area (Å²) in [4.78, 5) is 0. The summed E-state index contributed by atoms with van der Waals surface area (Å²) >= 11 is 3.48. The fraction of sp³-hybridized carbons (Fsp3) is 0.600. The van der Waals surface area contributed by atoms with E-state index >= 15 is 0 Å². The van der Waals surface area contributed by atoms with Crippen LogP contribution in [0.4, 0.5) is 0 Å². The fourth-order valence-corrected chi connectivity index (χ4v) is 2.09. The Bertz CT molecular complexity index is 390. The number of benzene rings is 1. The summed E-state index contributed by atoms with van der Waals surface area (Å²) in [5.41, 5.74) is 1.11. The second-order valence-electron chi connectivity index (χ2n) is 4.38. The summed E-state index contributed by atoms with van der Waals surface area (Å²) < 4.78 is 22.1. The second-order valence-corrected chi connectivity index (χ2v) is 5.29. The van der Waals surface area contributed by atoms with E-state index in [0.717, 1.165) is 28.9 Å². The van der Waals surface area contributed by atoms with E-state index in [1.54, 1.807) is 14.2 Å². The van der Waals surface area contributed by atoms with Crippen LogP contribution in [0.3, 0.4) is 0 Å². The summed E-state index contributed by atoms with van der Waals surface area (Å²) in [6.07, 6.45) is 0. The Balaban J connectivity index is 2.37. The lowest BCUT2D eigenvalue weighted by Gasteiger charge is -2.13. The predicted octanol–water partition coefficient (Wildman–Crippen LogP) is 2.23. The number of halogens is 1. The van der Waals surface area contributed by atoms with Crippen molar-refractivity contribution < 1.29 is 18.9 Å². The Morgan fingerprint density at radius 2 is 1.76 bits per heavy atom. The lowest BCUT2D eigenvalue weighted by molar-refractivity contribution is 0.0542. The van der Waals surface area contributed by atoms with Crippen LogP contribution in [0.2, 0.25) is 0 Å². The lowest BCUT2D eigenvalue weighted by atomic mass is 10.2. The van der Waals surface area contributed by atoms with Crippen molar-refractivity contribution in [2.75, 3.05) is 53.8 Å². The molecular weight excluding hydrogens is 338 g/mol. The van der Waals surface area contributed by atoms with Crippen LogP contribution in [0.5, 0.6) is 5.75 Å². The van der Waals surface area contributed by atoms with E-state index in [9.17, 15) is 0 Å². The van der Waals surface area contributed by atoms with Crippen molar-refractivity contribution in [1.29, 1.82) is 0 Å². The van der Waals surface area contributed by atoms with E-state index in [1.807, 2.05) is 12.1 Å². The van der Waals surface area contributed by atoms with Crippen LogP contribution in [0.15, 0.2) is 22.7 Å². The van der Waals surface area contributed by atoms with E-state index in [0.29, 0.717) is 33.0 Å². The molecule has 1 N–H and O–H groups in total. The minimum absolute atomic E-state index is 0.524. The van der Waals surface area contributed by atoms with Crippen molar-refractivity contribution in [2.24, 2.45) is 0 Å². The lowest BCUT2D eigenvalue weighted by Crippen LogP contribution is -2.19. The van der Waals surface area contributed by atoms with Crippen LogP contribution in [0.1, 0.15) is 5.56 Å². The molecular formula is C15H24BrNO4. The summed E-state index contributed by atoms with van der Waals surface area (Å²) in [6, 6.07) is 5.99. The van der Waals surface area contributed by atoms with Gasteiger partial charge in [-0.2, -0.15) is 0 Å². The van der Waals surface area contributed by atoms with E-state index < -0.39 is 0 Å². The van der Waals surface area contributed by atoms with E-state index in [1.165, 1.54) is 0 Å². The Labute approximate surface area is 135 Å². The van der Waals surface area contributed by atoms with Gasteiger partial charge in [0.05, 0.1) is 26.4 Å². The zero-order valence-corrected chi connectivity index (χ0v) is 14.3. The monoisotopic (exact) mass is 361 g/mol. The van der Waals surface area contributed by atoms with Crippen LogP contribution in [0.25, 0.3) is 0 Å². The molecule has 0 amide bonds. The van der Waals surface area contributed by atoms with Crippen molar-refractivity contribution in [3.05, 3.63) is 28.2 Å². The fourth-order valence-electron chi connectivity index (χ4n) is 1.68. The highest BCUT2D eigenvalue weighted by atomic mass is 79.9. The molecule has 0 saturated heterocycles. The molecule has 0 unspecified atom stereocenters. The Morgan fingerprint density at radius 1 is 1.00 bits per heavy atom. The SMILES string of the molecule is COCCNCc1cc(Br)ccc1OCCOCCOC. The molecule has 6 heteroatoms. The van der Waals surface area contributed by atoms with E-state index in [4.69, 9.17) is 18.9 Å². The van der Waals surface area contributed by atoms with Gasteiger partial charge >= 0.3 is 0 Å². The largest absolute Gasteiger partial charge is 0.491 e. The van der Waals surface area contributed by atoms with Crippen LogP contribution in [0, 0.1) is 0 Å². The molecule has 0 fully saturated rings. The highest BCUT2D eigenvalue weighted by Gasteiger charge is 2.04. The molecule has 21 heavy (non-hydrogen) atoms. The third-order valence-electron chi connectivity index (χ3n) is 2.74. The zero-order valence-electron chi connectivity index (χ0n) is 12.7. The zero-order chi connectivity index (χ0) is 15.3. The molecule has 5 nitrogen and oxygen atoms in total. The van der Waals surface area contributed by atoms with Gasteiger partial charge in [-0.3, -0.25) is 0 Å². The van der Waals surface area contributed by atoms with Gasteiger partial charge in [-0.1, -0.05) is 15.9 Å². The minimum Gasteiger partial charge on any atom is -0.491 e. The van der Waals surface area contributed by atoms with Gasteiger partial charge < -0.3 is 24.3 Å². The summed E-state index contributed by atoms with van der Waals surface area (Å²) in [5, 5.41) is 3.31. The number of hydrogen-bond donors (Lipinski definition) is 1. The van der Waals surface area contributed by atoms with Gasteiger partial charge in [0.25, 0.3) is 0 Å². The van der Waals surface area contributed by atoms with Crippen molar-refractivity contribution in [2.45, 2.75) is 6.54 Å². The number of nitrogens with one attached hydrogen (secondary N) is 1. The van der Waals surface area contributed by atoms with Crippen molar-refractivity contribution in [3.63, 3.8) is 0 Å². The molecule has 0 heterocycles. The molecule has 1 rings (SSSR count). The number of rotatable bonds is 12. The number of hydrogen-bond acceptors (Lipinski definition) is 5. The molecule has 0 aliphatic rings. The molecule has 0 atom stereocenters. The summed E-state index contributed by atoms with van der Waals surface area (Å²) in [6.45, 7) is 4.51. The predicted molar refractivity (Wildman–Crippen MR) is 85.9 cm³/mol. The molecule has 0 spiro atoms. The highest BCUT2D eigenvalue weighted by molar-refractivity contribution is 9.10. The molecule has 0 saturated carbocycles.